The van der Waals surface area contributed by atoms with Gasteiger partial charge in [-0.1, -0.05) is 6.07 Å². The molecule has 0 aliphatic heterocycles. The second-order valence-corrected chi connectivity index (χ2v) is 4.59. The lowest BCUT2D eigenvalue weighted by Crippen LogP contribution is -2.33. The molecule has 0 radical (unpaired) electrons. The van der Waals surface area contributed by atoms with Crippen LogP contribution in [0.15, 0.2) is 30.5 Å². The molecule has 0 aliphatic rings. The summed E-state index contributed by atoms with van der Waals surface area (Å²) in [5, 5.41) is 9.97. The summed E-state index contributed by atoms with van der Waals surface area (Å²) in [6.07, 6.45) is 1.82. The average molecular weight is 274 g/mol. The second kappa shape index (κ2) is 5.77. The number of carboxylic acids is 1. The first kappa shape index (κ1) is 14.1. The standard InChI is InChI=1S/C15H18N2O3/c1-3-16(4-2)14(18)10-17-8-7-11-5-6-12(15(19)20)9-13(11)17/h5-9H,3-4,10H2,1-2H3,(H,19,20). The summed E-state index contributed by atoms with van der Waals surface area (Å²) in [4.78, 5) is 24.9. The van der Waals surface area contributed by atoms with E-state index < -0.39 is 5.97 Å². The number of likely N-dealkylation sites (N-methyl/N-ethyl adjacent to an activating group) is 1. The number of amides is 1. The third kappa shape index (κ3) is 2.66. The van der Waals surface area contributed by atoms with E-state index in [1.54, 1.807) is 27.7 Å². The highest BCUT2D eigenvalue weighted by molar-refractivity contribution is 5.94. The molecule has 1 aromatic heterocycles. The Hall–Kier alpha value is -2.30. The maximum absolute atomic E-state index is 12.1. The van der Waals surface area contributed by atoms with Crippen LogP contribution in [0.25, 0.3) is 10.9 Å². The summed E-state index contributed by atoms with van der Waals surface area (Å²) >= 11 is 0. The number of fused-ring (bicyclic) bond motifs is 1. The summed E-state index contributed by atoms with van der Waals surface area (Å²) in [5.74, 6) is -0.928. The predicted octanol–water partition coefficient (Wildman–Crippen LogP) is 2.21. The van der Waals surface area contributed by atoms with Crippen molar-refractivity contribution in [3.05, 3.63) is 36.0 Å². The SMILES string of the molecule is CCN(CC)C(=O)Cn1ccc2ccc(C(=O)O)cc21. The van der Waals surface area contributed by atoms with Gasteiger partial charge in [0.2, 0.25) is 5.91 Å². The van der Waals surface area contributed by atoms with Crippen molar-refractivity contribution in [1.29, 1.82) is 0 Å². The van der Waals surface area contributed by atoms with Crippen molar-refractivity contribution in [3.8, 4) is 0 Å². The molecule has 106 valence electrons. The minimum Gasteiger partial charge on any atom is -0.478 e. The number of carbonyl (C=O) groups excluding carboxylic acids is 1. The molecule has 0 unspecified atom stereocenters. The van der Waals surface area contributed by atoms with Crippen molar-refractivity contribution in [2.45, 2.75) is 20.4 Å². The molecule has 0 spiro atoms. The average Bonchev–Trinajstić information content (AvgIpc) is 2.82. The van der Waals surface area contributed by atoms with E-state index in [4.69, 9.17) is 5.11 Å². The van der Waals surface area contributed by atoms with Gasteiger partial charge in [-0.25, -0.2) is 4.79 Å². The van der Waals surface area contributed by atoms with E-state index in [9.17, 15) is 9.59 Å². The van der Waals surface area contributed by atoms with Crippen LogP contribution in [0.3, 0.4) is 0 Å². The van der Waals surface area contributed by atoms with Gasteiger partial charge in [-0.05, 0) is 37.4 Å². The van der Waals surface area contributed by atoms with E-state index in [0.29, 0.717) is 13.1 Å². The Morgan fingerprint density at radius 1 is 1.20 bits per heavy atom. The van der Waals surface area contributed by atoms with Gasteiger partial charge in [0.05, 0.1) is 5.56 Å². The lowest BCUT2D eigenvalue weighted by atomic mass is 10.1. The molecule has 20 heavy (non-hydrogen) atoms. The third-order valence-corrected chi connectivity index (χ3v) is 3.44. The molecule has 0 bridgehead atoms. The van der Waals surface area contributed by atoms with Gasteiger partial charge in [0.15, 0.2) is 0 Å². The van der Waals surface area contributed by atoms with E-state index in [-0.39, 0.29) is 18.0 Å². The van der Waals surface area contributed by atoms with Crippen LogP contribution in [-0.2, 0) is 11.3 Å². The molecule has 0 atom stereocenters. The van der Waals surface area contributed by atoms with Gasteiger partial charge in [0, 0.05) is 24.8 Å². The van der Waals surface area contributed by atoms with Crippen molar-refractivity contribution in [2.24, 2.45) is 0 Å². The van der Waals surface area contributed by atoms with Gasteiger partial charge in [-0.3, -0.25) is 4.79 Å². The second-order valence-electron chi connectivity index (χ2n) is 4.59. The molecule has 2 rings (SSSR count). The van der Waals surface area contributed by atoms with Crippen LogP contribution in [0.2, 0.25) is 0 Å². The number of carboxylic acid groups (broad SMARTS) is 1. The summed E-state index contributed by atoms with van der Waals surface area (Å²) in [6.45, 7) is 5.47. The highest BCUT2D eigenvalue weighted by Gasteiger charge is 2.12. The molecule has 0 saturated heterocycles. The van der Waals surface area contributed by atoms with E-state index in [0.717, 1.165) is 10.9 Å². The van der Waals surface area contributed by atoms with Crippen molar-refractivity contribution in [2.75, 3.05) is 13.1 Å². The first-order valence-corrected chi connectivity index (χ1v) is 6.66. The van der Waals surface area contributed by atoms with Gasteiger partial charge in [-0.2, -0.15) is 0 Å². The van der Waals surface area contributed by atoms with Crippen molar-refractivity contribution < 1.29 is 14.7 Å². The summed E-state index contributed by atoms with van der Waals surface area (Å²) in [7, 11) is 0. The van der Waals surface area contributed by atoms with Crippen LogP contribution >= 0.6 is 0 Å². The first-order chi connectivity index (χ1) is 9.56. The molecule has 0 saturated carbocycles. The maximum atomic E-state index is 12.1. The van der Waals surface area contributed by atoms with Crippen molar-refractivity contribution in [1.82, 2.24) is 9.47 Å². The molecule has 0 aliphatic carbocycles. The normalized spacial score (nSPS) is 10.7. The van der Waals surface area contributed by atoms with Crippen molar-refractivity contribution >= 4 is 22.8 Å². The van der Waals surface area contributed by atoms with Gasteiger partial charge in [-0.15, -0.1) is 0 Å². The lowest BCUT2D eigenvalue weighted by molar-refractivity contribution is -0.131. The number of benzene rings is 1. The van der Waals surface area contributed by atoms with Crippen LogP contribution in [0.4, 0.5) is 0 Å². The zero-order valence-electron chi connectivity index (χ0n) is 11.7. The molecule has 0 fully saturated rings. The Morgan fingerprint density at radius 2 is 1.90 bits per heavy atom. The smallest absolute Gasteiger partial charge is 0.335 e. The number of nitrogens with zero attached hydrogens (tertiary/aromatic N) is 2. The number of rotatable bonds is 5. The third-order valence-electron chi connectivity index (χ3n) is 3.44. The monoisotopic (exact) mass is 274 g/mol. The topological polar surface area (TPSA) is 62.5 Å². The zero-order valence-corrected chi connectivity index (χ0v) is 11.7. The molecule has 1 aromatic carbocycles. The highest BCUT2D eigenvalue weighted by Crippen LogP contribution is 2.18. The quantitative estimate of drug-likeness (QED) is 0.909. The minimum absolute atomic E-state index is 0.0354. The van der Waals surface area contributed by atoms with Crippen molar-refractivity contribution in [3.63, 3.8) is 0 Å². The number of hydrogen-bond acceptors (Lipinski definition) is 2. The fourth-order valence-corrected chi connectivity index (χ4v) is 2.28. The van der Waals surface area contributed by atoms with E-state index in [1.807, 2.05) is 26.1 Å². The Morgan fingerprint density at radius 3 is 2.50 bits per heavy atom. The number of carbonyl (C=O) groups is 2. The Kier molecular flexibility index (Phi) is 4.08. The fourth-order valence-electron chi connectivity index (χ4n) is 2.28. The summed E-state index contributed by atoms with van der Waals surface area (Å²) in [6, 6.07) is 6.82. The molecule has 5 heteroatoms. The van der Waals surface area contributed by atoms with Crippen LogP contribution < -0.4 is 0 Å². The Bertz CT molecular complexity index is 642. The Balaban J connectivity index is 2.32. The van der Waals surface area contributed by atoms with Gasteiger partial charge in [0.25, 0.3) is 0 Å². The molecular weight excluding hydrogens is 256 g/mol. The number of aromatic carboxylic acids is 1. The van der Waals surface area contributed by atoms with Crippen LogP contribution in [0.5, 0.6) is 0 Å². The Labute approximate surface area is 117 Å². The molecule has 5 nitrogen and oxygen atoms in total. The largest absolute Gasteiger partial charge is 0.478 e. The first-order valence-electron chi connectivity index (χ1n) is 6.66. The van der Waals surface area contributed by atoms with E-state index >= 15 is 0 Å². The predicted molar refractivity (Wildman–Crippen MR) is 76.8 cm³/mol. The fraction of sp³-hybridized carbons (Fsp3) is 0.333. The summed E-state index contributed by atoms with van der Waals surface area (Å²) < 4.78 is 1.79. The molecule has 1 amide bonds. The minimum atomic E-state index is -0.963. The molecule has 1 heterocycles. The van der Waals surface area contributed by atoms with Gasteiger partial charge < -0.3 is 14.6 Å². The van der Waals surface area contributed by atoms with Crippen LogP contribution in [-0.4, -0.2) is 39.5 Å². The van der Waals surface area contributed by atoms with Gasteiger partial charge >= 0.3 is 5.97 Å². The zero-order chi connectivity index (χ0) is 14.7. The molecule has 2 aromatic rings. The maximum Gasteiger partial charge on any atom is 0.335 e. The van der Waals surface area contributed by atoms with E-state index in [2.05, 4.69) is 0 Å². The van der Waals surface area contributed by atoms with Crippen LogP contribution in [0.1, 0.15) is 24.2 Å². The highest BCUT2D eigenvalue weighted by atomic mass is 16.4. The number of hydrogen-bond donors (Lipinski definition) is 1. The number of aromatic nitrogens is 1. The molecular formula is C15H18N2O3. The summed E-state index contributed by atoms with van der Waals surface area (Å²) in [5.41, 5.74) is 0.998. The van der Waals surface area contributed by atoms with Crippen LogP contribution in [0, 0.1) is 0 Å². The molecule has 1 N–H and O–H groups in total. The van der Waals surface area contributed by atoms with Gasteiger partial charge in [0.1, 0.15) is 6.54 Å². The lowest BCUT2D eigenvalue weighted by Gasteiger charge is -2.19. The van der Waals surface area contributed by atoms with E-state index in [1.165, 1.54) is 0 Å².